The number of halogens is 2. The van der Waals surface area contributed by atoms with Crippen molar-refractivity contribution in [3.63, 3.8) is 0 Å². The van der Waals surface area contributed by atoms with Crippen molar-refractivity contribution in [2.45, 2.75) is 55.8 Å². The number of alkyl halides is 1. The van der Waals surface area contributed by atoms with Crippen LogP contribution in [0.15, 0.2) is 36.9 Å². The van der Waals surface area contributed by atoms with Gasteiger partial charge in [-0.3, -0.25) is 14.4 Å². The molecule has 10 heteroatoms. The van der Waals surface area contributed by atoms with Gasteiger partial charge in [0.15, 0.2) is 0 Å². The monoisotopic (exact) mass is 582 g/mol. The van der Waals surface area contributed by atoms with Crippen LogP contribution in [0.2, 0.25) is 5.02 Å². The minimum atomic E-state index is -1.24. The first-order valence-electron chi connectivity index (χ1n) is 12.2. The van der Waals surface area contributed by atoms with Crippen molar-refractivity contribution >= 4 is 51.0 Å². The summed E-state index contributed by atoms with van der Waals surface area (Å²) in [5.74, 6) is -3.11. The maximum atomic E-state index is 14.4. The van der Waals surface area contributed by atoms with Crippen LogP contribution in [0.3, 0.4) is 0 Å². The van der Waals surface area contributed by atoms with Gasteiger partial charge in [-0.05, 0) is 43.5 Å². The largest absolute Gasteiger partial charge is 0.466 e. The highest BCUT2D eigenvalue weighted by Gasteiger charge is 2.77. The number of benzene rings is 1. The fraction of sp³-hybridized carbons (Fsp3) is 0.577. The molecule has 0 radical (unpaired) electrons. The fourth-order valence-electron chi connectivity index (χ4n) is 6.05. The average molecular weight is 584 g/mol. The Morgan fingerprint density at radius 2 is 2.06 bits per heavy atom. The van der Waals surface area contributed by atoms with E-state index in [0.29, 0.717) is 17.1 Å². The predicted octanol–water partition coefficient (Wildman–Crippen LogP) is 3.19. The summed E-state index contributed by atoms with van der Waals surface area (Å²) in [6.07, 6.45) is 1.39. The highest BCUT2D eigenvalue weighted by Crippen LogP contribution is 2.61. The normalized spacial score (nSPS) is 31.5. The Morgan fingerprint density at radius 1 is 1.39 bits per heavy atom. The van der Waals surface area contributed by atoms with Crippen molar-refractivity contribution in [3.8, 4) is 0 Å². The predicted molar refractivity (Wildman–Crippen MR) is 139 cm³/mol. The van der Waals surface area contributed by atoms with Gasteiger partial charge in [0.2, 0.25) is 5.91 Å². The SMILES string of the molecule is C=CCN(C(=O)C1N([C@@H](CO)C(C)C)C(=O)[C@@H]2[C@H](C(=O)OCC)[C@H]3OC12CC3Br)c1ccc(Cl)cc1. The van der Waals surface area contributed by atoms with E-state index in [-0.39, 0.29) is 42.3 Å². The smallest absolute Gasteiger partial charge is 0.312 e. The van der Waals surface area contributed by atoms with Crippen molar-refractivity contribution < 1.29 is 29.0 Å². The number of ether oxygens (including phenoxy) is 2. The van der Waals surface area contributed by atoms with E-state index in [1.807, 2.05) is 13.8 Å². The molecule has 0 aliphatic carbocycles. The van der Waals surface area contributed by atoms with E-state index in [9.17, 15) is 19.5 Å². The second-order valence-electron chi connectivity index (χ2n) is 9.87. The lowest BCUT2D eigenvalue weighted by Gasteiger charge is -2.40. The number of hydrogen-bond donors (Lipinski definition) is 1. The van der Waals surface area contributed by atoms with Crippen LogP contribution in [0, 0.1) is 17.8 Å². The summed E-state index contributed by atoms with van der Waals surface area (Å²) in [5.41, 5.74) is -0.648. The molecule has 3 aliphatic heterocycles. The van der Waals surface area contributed by atoms with Gasteiger partial charge in [-0.15, -0.1) is 6.58 Å². The molecule has 3 aliphatic rings. The molecule has 4 rings (SSSR count). The Balaban J connectivity index is 1.85. The lowest BCUT2D eigenvalue weighted by atomic mass is 9.70. The van der Waals surface area contributed by atoms with Crippen LogP contribution in [-0.2, 0) is 23.9 Å². The van der Waals surface area contributed by atoms with E-state index in [1.165, 1.54) is 9.80 Å². The Labute approximate surface area is 224 Å². The molecular weight excluding hydrogens is 552 g/mol. The second kappa shape index (κ2) is 10.4. The van der Waals surface area contributed by atoms with E-state index in [4.69, 9.17) is 21.1 Å². The van der Waals surface area contributed by atoms with Gasteiger partial charge < -0.3 is 24.4 Å². The molecule has 3 fully saturated rings. The van der Waals surface area contributed by atoms with Gasteiger partial charge in [0.1, 0.15) is 11.6 Å². The standard InChI is InChI=1S/C26H32BrClN2O6/c1-5-11-29(16-9-7-15(28)8-10-16)24(33)22-26-12-17(27)21(36-26)19(25(34)35-6-2)20(26)23(32)30(22)18(13-31)14(3)4/h5,7-10,14,17-22,31H,1,6,11-13H2,2-4H3/t17?,18-,19-,20-,21-,22?,26?/m0/s1. The van der Waals surface area contributed by atoms with Crippen molar-refractivity contribution in [1.82, 2.24) is 4.90 Å². The van der Waals surface area contributed by atoms with E-state index in [1.54, 1.807) is 37.3 Å². The number of carbonyl (C=O) groups is 3. The molecule has 1 aromatic carbocycles. The number of aliphatic hydroxyl groups is 1. The van der Waals surface area contributed by atoms with E-state index >= 15 is 0 Å². The lowest BCUT2D eigenvalue weighted by Crippen LogP contribution is -2.60. The summed E-state index contributed by atoms with van der Waals surface area (Å²) in [6, 6.07) is 5.15. The molecule has 196 valence electrons. The van der Waals surface area contributed by atoms with Gasteiger partial charge in [0.25, 0.3) is 5.91 Å². The van der Waals surface area contributed by atoms with Crippen molar-refractivity contribution in [2.24, 2.45) is 17.8 Å². The molecule has 8 nitrogen and oxygen atoms in total. The number of carbonyl (C=O) groups excluding carboxylic acids is 3. The van der Waals surface area contributed by atoms with E-state index in [0.717, 1.165) is 0 Å². The van der Waals surface area contributed by atoms with Gasteiger partial charge in [0, 0.05) is 22.1 Å². The number of anilines is 1. The third kappa shape index (κ3) is 4.18. The lowest BCUT2D eigenvalue weighted by molar-refractivity contribution is -0.155. The number of aliphatic hydroxyl groups excluding tert-OH is 1. The first kappa shape index (κ1) is 27.1. The van der Waals surface area contributed by atoms with E-state index in [2.05, 4.69) is 22.5 Å². The van der Waals surface area contributed by atoms with Crippen LogP contribution >= 0.6 is 27.5 Å². The van der Waals surface area contributed by atoms with Crippen LogP contribution in [0.5, 0.6) is 0 Å². The zero-order valence-electron chi connectivity index (χ0n) is 20.6. The third-order valence-electron chi connectivity index (χ3n) is 7.55. The van der Waals surface area contributed by atoms with E-state index < -0.39 is 41.6 Å². The third-order valence-corrected chi connectivity index (χ3v) is 8.65. The van der Waals surface area contributed by atoms with Crippen molar-refractivity contribution in [2.75, 3.05) is 24.7 Å². The van der Waals surface area contributed by atoms with Gasteiger partial charge in [-0.2, -0.15) is 0 Å². The van der Waals surface area contributed by atoms with Crippen LogP contribution in [0.25, 0.3) is 0 Å². The molecule has 3 saturated heterocycles. The zero-order valence-corrected chi connectivity index (χ0v) is 22.9. The first-order chi connectivity index (χ1) is 17.1. The number of hydrogen-bond acceptors (Lipinski definition) is 6. The summed E-state index contributed by atoms with van der Waals surface area (Å²) < 4.78 is 11.8. The summed E-state index contributed by atoms with van der Waals surface area (Å²) >= 11 is 9.71. The summed E-state index contributed by atoms with van der Waals surface area (Å²) in [7, 11) is 0. The van der Waals surface area contributed by atoms with Gasteiger partial charge in [-0.1, -0.05) is 47.5 Å². The van der Waals surface area contributed by atoms with Crippen molar-refractivity contribution in [3.05, 3.63) is 41.9 Å². The molecule has 1 N–H and O–H groups in total. The topological polar surface area (TPSA) is 96.4 Å². The van der Waals surface area contributed by atoms with Crippen LogP contribution in [-0.4, -0.2) is 76.2 Å². The molecule has 3 heterocycles. The second-order valence-corrected chi connectivity index (χ2v) is 11.5. The molecule has 1 aromatic rings. The molecule has 0 aromatic heterocycles. The summed E-state index contributed by atoms with van der Waals surface area (Å²) in [4.78, 5) is 44.3. The van der Waals surface area contributed by atoms with Gasteiger partial charge >= 0.3 is 5.97 Å². The Hall–Kier alpha value is -1.94. The minimum absolute atomic E-state index is 0.147. The summed E-state index contributed by atoms with van der Waals surface area (Å²) in [5, 5.41) is 10.8. The average Bonchev–Trinajstić information content (AvgIpc) is 3.42. The zero-order chi connectivity index (χ0) is 26.4. The molecule has 0 saturated carbocycles. The number of fused-ring (bicyclic) bond motifs is 1. The highest BCUT2D eigenvalue weighted by atomic mass is 79.9. The quantitative estimate of drug-likeness (QED) is 0.273. The maximum Gasteiger partial charge on any atom is 0.312 e. The van der Waals surface area contributed by atoms with Crippen LogP contribution < -0.4 is 4.90 Å². The van der Waals surface area contributed by atoms with Crippen molar-refractivity contribution in [1.29, 1.82) is 0 Å². The number of esters is 1. The number of likely N-dealkylation sites (tertiary alicyclic amines) is 1. The molecule has 2 bridgehead atoms. The van der Waals surface area contributed by atoms with Crippen LogP contribution in [0.1, 0.15) is 27.2 Å². The fourth-order valence-corrected chi connectivity index (χ4v) is 7.12. The van der Waals surface area contributed by atoms with Gasteiger partial charge in [-0.25, -0.2) is 0 Å². The first-order valence-corrected chi connectivity index (χ1v) is 13.5. The molecule has 3 unspecified atom stereocenters. The van der Waals surface area contributed by atoms with Crippen LogP contribution in [0.4, 0.5) is 5.69 Å². The molecule has 1 spiro atoms. The Kier molecular flexibility index (Phi) is 7.86. The summed E-state index contributed by atoms with van der Waals surface area (Å²) in [6.45, 7) is 9.32. The minimum Gasteiger partial charge on any atom is -0.466 e. The van der Waals surface area contributed by atoms with Gasteiger partial charge in [0.05, 0.1) is 37.2 Å². The molecule has 2 amide bonds. The highest BCUT2D eigenvalue weighted by molar-refractivity contribution is 9.09. The molecule has 7 atom stereocenters. The number of rotatable bonds is 9. The maximum absolute atomic E-state index is 14.4. The number of nitrogens with zero attached hydrogens (tertiary/aromatic N) is 2. The Morgan fingerprint density at radius 3 is 2.61 bits per heavy atom. The molecule has 36 heavy (non-hydrogen) atoms. The Bertz CT molecular complexity index is 1040. The number of amides is 2. The molecular formula is C26H32BrClN2O6.